The van der Waals surface area contributed by atoms with E-state index in [2.05, 4.69) is 5.32 Å². The Morgan fingerprint density at radius 1 is 1.47 bits per heavy atom. The van der Waals surface area contributed by atoms with Gasteiger partial charge in [0, 0.05) is 11.6 Å². The molecule has 0 aromatic heterocycles. The number of nitrogens with one attached hydrogen (secondary N) is 1. The second-order valence-electron chi connectivity index (χ2n) is 3.50. The molecule has 1 amide bonds. The average Bonchev–Trinajstić information content (AvgIpc) is 2.39. The van der Waals surface area contributed by atoms with Gasteiger partial charge < -0.3 is 15.2 Å². The Morgan fingerprint density at radius 2 is 2.21 bits per heavy atom. The van der Waals surface area contributed by atoms with Gasteiger partial charge >= 0.3 is 5.97 Å². The van der Waals surface area contributed by atoms with Crippen molar-refractivity contribution in [3.8, 4) is 11.8 Å². The van der Waals surface area contributed by atoms with Gasteiger partial charge in [0.05, 0.1) is 12.5 Å². The maximum absolute atomic E-state index is 11.6. The van der Waals surface area contributed by atoms with Gasteiger partial charge in [-0.2, -0.15) is 5.26 Å². The van der Waals surface area contributed by atoms with Gasteiger partial charge in [-0.3, -0.25) is 4.79 Å². The number of carbonyl (C=O) groups is 2. The molecule has 0 aliphatic heterocycles. The summed E-state index contributed by atoms with van der Waals surface area (Å²) in [4.78, 5) is 22.8. The van der Waals surface area contributed by atoms with Crippen molar-refractivity contribution in [3.05, 3.63) is 28.8 Å². The van der Waals surface area contributed by atoms with E-state index in [0.717, 1.165) is 0 Å². The SMILES string of the molecule is N#CCCNC(=O)COC(=O)c1cc(Cl)ccc1O. The zero-order valence-corrected chi connectivity index (χ0v) is 10.6. The summed E-state index contributed by atoms with van der Waals surface area (Å²) in [5.41, 5.74) is -0.114. The van der Waals surface area contributed by atoms with Crippen LogP contribution in [0.2, 0.25) is 5.02 Å². The fourth-order valence-electron chi connectivity index (χ4n) is 1.19. The molecular formula is C12H11ClN2O4. The number of hydrogen-bond donors (Lipinski definition) is 2. The van der Waals surface area contributed by atoms with Crippen LogP contribution in [0.15, 0.2) is 18.2 Å². The number of phenolic OH excluding ortho intramolecular Hbond substituents is 1. The number of amides is 1. The molecule has 1 aromatic rings. The van der Waals surface area contributed by atoms with E-state index in [4.69, 9.17) is 21.6 Å². The number of nitriles is 1. The average molecular weight is 283 g/mol. The van der Waals surface area contributed by atoms with Crippen molar-refractivity contribution in [2.45, 2.75) is 6.42 Å². The molecule has 0 saturated heterocycles. The van der Waals surface area contributed by atoms with E-state index < -0.39 is 18.5 Å². The zero-order valence-electron chi connectivity index (χ0n) is 9.85. The third-order valence-electron chi connectivity index (χ3n) is 2.07. The quantitative estimate of drug-likeness (QED) is 0.625. The topological polar surface area (TPSA) is 99.4 Å². The molecule has 0 unspecified atom stereocenters. The first kappa shape index (κ1) is 14.8. The van der Waals surface area contributed by atoms with Crippen LogP contribution in [0, 0.1) is 11.3 Å². The molecule has 0 aliphatic carbocycles. The molecule has 0 bridgehead atoms. The van der Waals surface area contributed by atoms with Crippen LogP contribution in [0.1, 0.15) is 16.8 Å². The molecule has 0 aliphatic rings. The highest BCUT2D eigenvalue weighted by Gasteiger charge is 2.14. The first-order chi connectivity index (χ1) is 9.04. The predicted molar refractivity (Wildman–Crippen MR) is 66.6 cm³/mol. The minimum atomic E-state index is -0.851. The monoisotopic (exact) mass is 282 g/mol. The van der Waals surface area contributed by atoms with Crippen LogP contribution in [-0.2, 0) is 9.53 Å². The van der Waals surface area contributed by atoms with Crippen LogP contribution in [0.25, 0.3) is 0 Å². The van der Waals surface area contributed by atoms with E-state index in [1.54, 1.807) is 0 Å². The Balaban J connectivity index is 2.49. The summed E-state index contributed by atoms with van der Waals surface area (Å²) in [6, 6.07) is 5.77. The van der Waals surface area contributed by atoms with Crippen LogP contribution >= 0.6 is 11.6 Å². The second-order valence-corrected chi connectivity index (χ2v) is 3.93. The number of hydrogen-bond acceptors (Lipinski definition) is 5. The molecule has 0 spiro atoms. The highest BCUT2D eigenvalue weighted by Crippen LogP contribution is 2.22. The molecular weight excluding hydrogens is 272 g/mol. The smallest absolute Gasteiger partial charge is 0.342 e. The fourth-order valence-corrected chi connectivity index (χ4v) is 1.36. The summed E-state index contributed by atoms with van der Waals surface area (Å²) in [5.74, 6) is -1.65. The maximum atomic E-state index is 11.6. The lowest BCUT2D eigenvalue weighted by Gasteiger charge is -2.06. The maximum Gasteiger partial charge on any atom is 0.342 e. The first-order valence-corrected chi connectivity index (χ1v) is 5.71. The van der Waals surface area contributed by atoms with Crippen molar-refractivity contribution >= 4 is 23.5 Å². The van der Waals surface area contributed by atoms with Crippen LogP contribution in [0.3, 0.4) is 0 Å². The van der Waals surface area contributed by atoms with E-state index in [9.17, 15) is 14.7 Å². The molecule has 0 saturated carbocycles. The number of ether oxygens (including phenoxy) is 1. The van der Waals surface area contributed by atoms with Crippen molar-refractivity contribution < 1.29 is 19.4 Å². The lowest BCUT2D eigenvalue weighted by molar-refractivity contribution is -0.124. The molecule has 6 nitrogen and oxygen atoms in total. The van der Waals surface area contributed by atoms with Crippen molar-refractivity contribution in [3.63, 3.8) is 0 Å². The van der Waals surface area contributed by atoms with E-state index in [-0.39, 0.29) is 29.3 Å². The Morgan fingerprint density at radius 3 is 2.89 bits per heavy atom. The number of benzene rings is 1. The third-order valence-corrected chi connectivity index (χ3v) is 2.31. The fraction of sp³-hybridized carbons (Fsp3) is 0.250. The van der Waals surface area contributed by atoms with E-state index in [0.29, 0.717) is 0 Å². The van der Waals surface area contributed by atoms with Crippen LogP contribution in [0.5, 0.6) is 5.75 Å². The van der Waals surface area contributed by atoms with Crippen molar-refractivity contribution in [2.24, 2.45) is 0 Å². The molecule has 0 heterocycles. The number of halogens is 1. The Bertz CT molecular complexity index is 525. The highest BCUT2D eigenvalue weighted by molar-refractivity contribution is 6.31. The summed E-state index contributed by atoms with van der Waals surface area (Å²) in [5, 5.41) is 20.4. The first-order valence-electron chi connectivity index (χ1n) is 5.34. The number of rotatable bonds is 5. The summed E-state index contributed by atoms with van der Waals surface area (Å²) in [6.07, 6.45) is 0.175. The normalized spacial score (nSPS) is 9.47. The molecule has 1 aromatic carbocycles. The van der Waals surface area contributed by atoms with Crippen molar-refractivity contribution in [1.29, 1.82) is 5.26 Å². The summed E-state index contributed by atoms with van der Waals surface area (Å²) < 4.78 is 4.70. The molecule has 2 N–H and O–H groups in total. The van der Waals surface area contributed by atoms with E-state index >= 15 is 0 Å². The van der Waals surface area contributed by atoms with Gasteiger partial charge in [-0.15, -0.1) is 0 Å². The number of phenols is 1. The van der Waals surface area contributed by atoms with Gasteiger partial charge in [-0.25, -0.2) is 4.79 Å². The summed E-state index contributed by atoms with van der Waals surface area (Å²) in [6.45, 7) is -0.300. The van der Waals surface area contributed by atoms with Gasteiger partial charge in [0.15, 0.2) is 6.61 Å². The number of esters is 1. The molecule has 1 rings (SSSR count). The largest absolute Gasteiger partial charge is 0.507 e. The lowest BCUT2D eigenvalue weighted by Crippen LogP contribution is -2.29. The highest BCUT2D eigenvalue weighted by atomic mass is 35.5. The van der Waals surface area contributed by atoms with Crippen molar-refractivity contribution in [1.82, 2.24) is 5.32 Å². The van der Waals surface area contributed by atoms with Crippen molar-refractivity contribution in [2.75, 3.05) is 13.2 Å². The Labute approximate surface area is 114 Å². The van der Waals surface area contributed by atoms with E-state index in [1.165, 1.54) is 18.2 Å². The molecule has 100 valence electrons. The molecule has 19 heavy (non-hydrogen) atoms. The van der Waals surface area contributed by atoms with E-state index in [1.807, 2.05) is 6.07 Å². The predicted octanol–water partition coefficient (Wildman–Crippen LogP) is 1.23. The Kier molecular flexibility index (Phi) is 5.64. The standard InChI is InChI=1S/C12H11ClN2O4/c13-8-2-3-10(16)9(6-8)12(18)19-7-11(17)15-5-1-4-14/h2-3,6,16H,1,5,7H2,(H,15,17). The lowest BCUT2D eigenvalue weighted by atomic mass is 10.2. The Hall–Kier alpha value is -2.26. The minimum Gasteiger partial charge on any atom is -0.507 e. The van der Waals surface area contributed by atoms with Gasteiger partial charge in [0.2, 0.25) is 0 Å². The number of nitrogens with zero attached hydrogens (tertiary/aromatic N) is 1. The van der Waals surface area contributed by atoms with Crippen LogP contribution < -0.4 is 5.32 Å². The molecule has 0 radical (unpaired) electrons. The summed E-state index contributed by atoms with van der Waals surface area (Å²) >= 11 is 5.68. The third kappa shape index (κ3) is 4.85. The van der Waals surface area contributed by atoms with Gasteiger partial charge in [0.25, 0.3) is 5.91 Å². The second kappa shape index (κ2) is 7.24. The number of carbonyl (C=O) groups excluding carboxylic acids is 2. The van der Waals surface area contributed by atoms with Crippen LogP contribution in [-0.4, -0.2) is 30.1 Å². The molecule has 7 heteroatoms. The van der Waals surface area contributed by atoms with Crippen LogP contribution in [0.4, 0.5) is 0 Å². The van der Waals surface area contributed by atoms with Gasteiger partial charge in [-0.1, -0.05) is 11.6 Å². The minimum absolute atomic E-state index is 0.114. The molecule has 0 fully saturated rings. The zero-order chi connectivity index (χ0) is 14.3. The van der Waals surface area contributed by atoms with Gasteiger partial charge in [-0.05, 0) is 18.2 Å². The molecule has 0 atom stereocenters. The van der Waals surface area contributed by atoms with Gasteiger partial charge in [0.1, 0.15) is 11.3 Å². The number of aromatic hydroxyl groups is 1. The summed E-state index contributed by atoms with van der Waals surface area (Å²) in [7, 11) is 0.